The molecule has 0 aliphatic rings. The lowest BCUT2D eigenvalue weighted by atomic mass is 10.1. The molecule has 0 atom stereocenters. The molecule has 0 amide bonds. The van der Waals surface area contributed by atoms with Crippen molar-refractivity contribution in [1.29, 1.82) is 0 Å². The van der Waals surface area contributed by atoms with Gasteiger partial charge in [0, 0.05) is 24.7 Å². The van der Waals surface area contributed by atoms with Gasteiger partial charge in [0.25, 0.3) is 0 Å². The third-order valence-corrected chi connectivity index (χ3v) is 4.77. The van der Waals surface area contributed by atoms with Crippen molar-refractivity contribution >= 4 is 0 Å². The number of hydrogen-bond donors (Lipinski definition) is 0. The molecule has 1 aromatic heterocycles. The summed E-state index contributed by atoms with van der Waals surface area (Å²) >= 11 is 0. The van der Waals surface area contributed by atoms with Crippen molar-refractivity contribution in [1.82, 2.24) is 9.55 Å². The van der Waals surface area contributed by atoms with E-state index < -0.39 is 11.7 Å². The van der Waals surface area contributed by atoms with Gasteiger partial charge in [-0.2, -0.15) is 13.2 Å². The second kappa shape index (κ2) is 7.95. The van der Waals surface area contributed by atoms with Crippen molar-refractivity contribution < 1.29 is 13.2 Å². The third-order valence-electron chi connectivity index (χ3n) is 4.77. The van der Waals surface area contributed by atoms with Gasteiger partial charge in [-0.15, -0.1) is 0 Å². The summed E-state index contributed by atoms with van der Waals surface area (Å²) in [6.45, 7) is 0.458. The van der Waals surface area contributed by atoms with E-state index in [-0.39, 0.29) is 0 Å². The average Bonchev–Trinajstić information content (AvgIpc) is 3.11. The first-order valence-electron chi connectivity index (χ1n) is 9.30. The van der Waals surface area contributed by atoms with Gasteiger partial charge in [0.05, 0.1) is 11.3 Å². The highest BCUT2D eigenvalue weighted by Crippen LogP contribution is 2.29. The van der Waals surface area contributed by atoms with Crippen molar-refractivity contribution in [2.45, 2.75) is 19.1 Å². The zero-order valence-electron chi connectivity index (χ0n) is 15.6. The Kier molecular flexibility index (Phi) is 5.21. The maximum Gasteiger partial charge on any atom is 0.416 e. The molecule has 0 aliphatic heterocycles. The van der Waals surface area contributed by atoms with Gasteiger partial charge in [-0.25, -0.2) is 4.98 Å². The van der Waals surface area contributed by atoms with Crippen LogP contribution >= 0.6 is 0 Å². The lowest BCUT2D eigenvalue weighted by Gasteiger charge is -2.10. The molecule has 2 nitrogen and oxygen atoms in total. The Morgan fingerprint density at radius 1 is 0.724 bits per heavy atom. The van der Waals surface area contributed by atoms with Crippen LogP contribution in [0.4, 0.5) is 13.2 Å². The number of alkyl halides is 3. The molecule has 0 saturated carbocycles. The zero-order chi connectivity index (χ0) is 20.3. The molecule has 0 N–H and O–H groups in total. The SMILES string of the molecule is FC(F)(F)c1ccc(Cn2cc(-c3ccccc3)nc2Cc2ccccc2)cc1. The summed E-state index contributed by atoms with van der Waals surface area (Å²) < 4.78 is 40.5. The van der Waals surface area contributed by atoms with Crippen LogP contribution in [0, 0.1) is 0 Å². The average molecular weight is 392 g/mol. The number of hydrogen-bond acceptors (Lipinski definition) is 1. The Bertz CT molecular complexity index is 1070. The molecule has 0 fully saturated rings. The lowest BCUT2D eigenvalue weighted by molar-refractivity contribution is -0.137. The molecule has 1 heterocycles. The molecule has 146 valence electrons. The summed E-state index contributed by atoms with van der Waals surface area (Å²) in [5.41, 5.74) is 3.15. The van der Waals surface area contributed by atoms with Gasteiger partial charge < -0.3 is 4.57 Å². The number of benzene rings is 3. The van der Waals surface area contributed by atoms with E-state index in [0.29, 0.717) is 13.0 Å². The fraction of sp³-hybridized carbons (Fsp3) is 0.125. The van der Waals surface area contributed by atoms with Crippen LogP contribution in [0.3, 0.4) is 0 Å². The topological polar surface area (TPSA) is 17.8 Å². The van der Waals surface area contributed by atoms with E-state index >= 15 is 0 Å². The van der Waals surface area contributed by atoms with E-state index in [1.54, 1.807) is 0 Å². The Morgan fingerprint density at radius 2 is 1.34 bits per heavy atom. The van der Waals surface area contributed by atoms with Gasteiger partial charge in [-0.3, -0.25) is 0 Å². The van der Waals surface area contributed by atoms with E-state index in [9.17, 15) is 13.2 Å². The van der Waals surface area contributed by atoms with Gasteiger partial charge in [-0.1, -0.05) is 72.8 Å². The minimum absolute atomic E-state index is 0.458. The molecule has 29 heavy (non-hydrogen) atoms. The second-order valence-corrected chi connectivity index (χ2v) is 6.89. The standard InChI is InChI=1S/C24H19F3N2/c25-24(26,27)21-13-11-19(12-14-21)16-29-17-22(20-9-5-2-6-10-20)28-23(29)15-18-7-3-1-4-8-18/h1-14,17H,15-16H2. The Morgan fingerprint density at radius 3 is 1.97 bits per heavy atom. The molecule has 0 saturated heterocycles. The number of rotatable bonds is 5. The maximum absolute atomic E-state index is 12.8. The van der Waals surface area contributed by atoms with Crippen LogP contribution < -0.4 is 0 Å². The minimum atomic E-state index is -4.33. The molecule has 0 radical (unpaired) electrons. The Hall–Kier alpha value is -3.34. The summed E-state index contributed by atoms with van der Waals surface area (Å²) in [7, 11) is 0. The monoisotopic (exact) mass is 392 g/mol. The predicted octanol–water partition coefficient (Wildman–Crippen LogP) is 6.21. The first-order chi connectivity index (χ1) is 14.0. The summed E-state index contributed by atoms with van der Waals surface area (Å²) in [5.74, 6) is 0.870. The Labute approximate surface area is 167 Å². The molecule has 3 aromatic carbocycles. The van der Waals surface area contributed by atoms with E-state index in [1.165, 1.54) is 12.1 Å². The highest BCUT2D eigenvalue weighted by atomic mass is 19.4. The summed E-state index contributed by atoms with van der Waals surface area (Å²) in [5, 5.41) is 0. The summed E-state index contributed by atoms with van der Waals surface area (Å²) in [6, 6.07) is 25.2. The number of aromatic nitrogens is 2. The normalized spacial score (nSPS) is 11.6. The molecule has 0 bridgehead atoms. The fourth-order valence-corrected chi connectivity index (χ4v) is 3.25. The van der Waals surface area contributed by atoms with E-state index in [2.05, 4.69) is 0 Å². The van der Waals surface area contributed by atoms with E-state index in [0.717, 1.165) is 40.3 Å². The first kappa shape index (κ1) is 19.0. The van der Waals surface area contributed by atoms with Gasteiger partial charge >= 0.3 is 6.18 Å². The first-order valence-corrected chi connectivity index (χ1v) is 9.30. The molecule has 0 unspecified atom stereocenters. The number of halogens is 3. The Balaban J connectivity index is 1.66. The van der Waals surface area contributed by atoms with E-state index in [1.807, 2.05) is 71.4 Å². The molecular weight excluding hydrogens is 373 g/mol. The van der Waals surface area contributed by atoms with Crippen molar-refractivity contribution in [3.63, 3.8) is 0 Å². The van der Waals surface area contributed by atoms with Gasteiger partial charge in [0.2, 0.25) is 0 Å². The fourth-order valence-electron chi connectivity index (χ4n) is 3.25. The molecular formula is C24H19F3N2. The molecule has 0 aliphatic carbocycles. The van der Waals surface area contributed by atoms with Crippen LogP contribution in [0.15, 0.2) is 91.1 Å². The van der Waals surface area contributed by atoms with Crippen LogP contribution in [-0.2, 0) is 19.1 Å². The molecule has 4 aromatic rings. The molecule has 0 spiro atoms. The van der Waals surface area contributed by atoms with Gasteiger partial charge in [0.1, 0.15) is 5.82 Å². The number of nitrogens with zero attached hydrogens (tertiary/aromatic N) is 2. The predicted molar refractivity (Wildman–Crippen MR) is 107 cm³/mol. The highest BCUT2D eigenvalue weighted by Gasteiger charge is 2.29. The van der Waals surface area contributed by atoms with Crippen LogP contribution in [-0.4, -0.2) is 9.55 Å². The second-order valence-electron chi connectivity index (χ2n) is 6.89. The molecule has 5 heteroatoms. The number of imidazole rings is 1. The van der Waals surface area contributed by atoms with Crippen LogP contribution in [0.5, 0.6) is 0 Å². The maximum atomic E-state index is 12.8. The van der Waals surface area contributed by atoms with Crippen molar-refractivity contribution in [3.05, 3.63) is 114 Å². The summed E-state index contributed by atoms with van der Waals surface area (Å²) in [4.78, 5) is 4.81. The van der Waals surface area contributed by atoms with Crippen molar-refractivity contribution in [3.8, 4) is 11.3 Å². The van der Waals surface area contributed by atoms with Gasteiger partial charge in [-0.05, 0) is 23.3 Å². The highest BCUT2D eigenvalue weighted by molar-refractivity contribution is 5.58. The largest absolute Gasteiger partial charge is 0.416 e. The van der Waals surface area contributed by atoms with Crippen LogP contribution in [0.1, 0.15) is 22.5 Å². The van der Waals surface area contributed by atoms with Crippen molar-refractivity contribution in [2.24, 2.45) is 0 Å². The van der Waals surface area contributed by atoms with Crippen molar-refractivity contribution in [2.75, 3.05) is 0 Å². The lowest BCUT2D eigenvalue weighted by Crippen LogP contribution is -2.07. The quantitative estimate of drug-likeness (QED) is 0.395. The third kappa shape index (κ3) is 4.57. The van der Waals surface area contributed by atoms with E-state index in [4.69, 9.17) is 4.98 Å². The minimum Gasteiger partial charge on any atom is -0.330 e. The molecule has 4 rings (SSSR count). The van der Waals surface area contributed by atoms with Gasteiger partial charge in [0.15, 0.2) is 0 Å². The van der Waals surface area contributed by atoms with Crippen LogP contribution in [0.2, 0.25) is 0 Å². The zero-order valence-corrected chi connectivity index (χ0v) is 15.6. The summed E-state index contributed by atoms with van der Waals surface area (Å²) in [6.07, 6.45) is -1.72. The van der Waals surface area contributed by atoms with Crippen LogP contribution in [0.25, 0.3) is 11.3 Å². The smallest absolute Gasteiger partial charge is 0.330 e.